The molecule has 1 fully saturated rings. The maximum absolute atomic E-state index is 14.8. The lowest BCUT2D eigenvalue weighted by Gasteiger charge is -2.27. The Morgan fingerprint density at radius 1 is 1.12 bits per heavy atom. The van der Waals surface area contributed by atoms with E-state index < -0.39 is 36.2 Å². The van der Waals surface area contributed by atoms with Crippen molar-refractivity contribution in [2.45, 2.75) is 25.6 Å². The molecule has 0 spiro atoms. The number of hydrogen-bond donors (Lipinski definition) is 0. The van der Waals surface area contributed by atoms with Gasteiger partial charge in [0.2, 0.25) is 0 Å². The van der Waals surface area contributed by atoms with Crippen LogP contribution in [0.25, 0.3) is 22.3 Å². The van der Waals surface area contributed by atoms with E-state index in [1.54, 1.807) is 0 Å². The maximum Gasteiger partial charge on any atom is 0.406 e. The Labute approximate surface area is 183 Å². The summed E-state index contributed by atoms with van der Waals surface area (Å²) in [6.07, 6.45) is -3.64. The van der Waals surface area contributed by atoms with Crippen LogP contribution < -0.4 is 0 Å². The second kappa shape index (κ2) is 8.32. The summed E-state index contributed by atoms with van der Waals surface area (Å²) in [5, 5.41) is 0. The van der Waals surface area contributed by atoms with Gasteiger partial charge in [-0.25, -0.2) is 9.37 Å². The van der Waals surface area contributed by atoms with Crippen LogP contribution in [0.4, 0.5) is 26.3 Å². The minimum atomic E-state index is -4.77. The van der Waals surface area contributed by atoms with Gasteiger partial charge in [0.1, 0.15) is 17.9 Å². The molecule has 3 heterocycles. The second-order valence-corrected chi connectivity index (χ2v) is 7.65. The van der Waals surface area contributed by atoms with Gasteiger partial charge in [-0.1, -0.05) is 6.07 Å². The number of carbonyl (C=O) groups excluding carboxylic acids is 1. The van der Waals surface area contributed by atoms with Crippen LogP contribution in [0.2, 0.25) is 0 Å². The number of pyridine rings is 1. The lowest BCUT2D eigenvalue weighted by molar-refractivity contribution is -0.142. The Bertz CT molecular complexity index is 1200. The zero-order valence-electron chi connectivity index (χ0n) is 17.3. The molecule has 33 heavy (non-hydrogen) atoms. The summed E-state index contributed by atoms with van der Waals surface area (Å²) in [5.41, 5.74) is -0.647. The minimum absolute atomic E-state index is 0.0804. The Morgan fingerprint density at radius 3 is 2.42 bits per heavy atom. The van der Waals surface area contributed by atoms with Gasteiger partial charge in [0.25, 0.3) is 5.91 Å². The number of carbonyl (C=O) groups is 1. The molecule has 0 N–H and O–H groups in total. The van der Waals surface area contributed by atoms with E-state index in [-0.39, 0.29) is 27.9 Å². The highest BCUT2D eigenvalue weighted by Gasteiger charge is 2.37. The molecule has 1 aliphatic rings. The standard InChI is InChI=1S/C21H18F6N4O2/c1-20(23,24)19-29-17-15(31(19)11-21(25,26)27)4-5-28-16(17)12-2-3-13(14(22)10-12)18(32)30-6-8-33-9-7-30/h2-5,10H,6-9,11H2,1H3. The summed E-state index contributed by atoms with van der Waals surface area (Å²) in [4.78, 5) is 21.8. The van der Waals surface area contributed by atoms with Gasteiger partial charge in [-0.15, -0.1) is 0 Å². The highest BCUT2D eigenvalue weighted by molar-refractivity contribution is 5.96. The predicted octanol–water partition coefficient (Wildman–Crippen LogP) is 4.38. The number of aromatic nitrogens is 3. The third kappa shape index (κ3) is 4.65. The summed E-state index contributed by atoms with van der Waals surface area (Å²) >= 11 is 0. The molecule has 176 valence electrons. The first-order valence-corrected chi connectivity index (χ1v) is 9.93. The minimum Gasteiger partial charge on any atom is -0.378 e. The Balaban J connectivity index is 1.79. The van der Waals surface area contributed by atoms with Gasteiger partial charge < -0.3 is 14.2 Å². The first kappa shape index (κ1) is 23.0. The van der Waals surface area contributed by atoms with Crippen LogP contribution in [0, 0.1) is 5.82 Å². The van der Waals surface area contributed by atoms with Gasteiger partial charge in [-0.05, 0) is 18.2 Å². The van der Waals surface area contributed by atoms with Crippen LogP contribution in [0.15, 0.2) is 30.5 Å². The van der Waals surface area contributed by atoms with Crippen LogP contribution in [-0.4, -0.2) is 57.8 Å². The van der Waals surface area contributed by atoms with Crippen LogP contribution in [-0.2, 0) is 17.2 Å². The number of alkyl halides is 5. The van der Waals surface area contributed by atoms with E-state index in [1.165, 1.54) is 17.0 Å². The number of rotatable bonds is 4. The van der Waals surface area contributed by atoms with Crippen molar-refractivity contribution in [2.75, 3.05) is 26.3 Å². The SMILES string of the molecule is CC(F)(F)c1nc2c(-c3ccc(C(=O)N4CCOCC4)c(F)c3)nccc2n1CC(F)(F)F. The average Bonchev–Trinajstić information content (AvgIpc) is 3.11. The Kier molecular flexibility index (Phi) is 5.81. The van der Waals surface area contributed by atoms with E-state index in [1.807, 2.05) is 0 Å². The quantitative estimate of drug-likeness (QED) is 0.529. The third-order valence-corrected chi connectivity index (χ3v) is 5.17. The average molecular weight is 472 g/mol. The number of fused-ring (bicyclic) bond motifs is 1. The number of benzene rings is 1. The molecule has 1 aromatic carbocycles. The number of imidazole rings is 1. The van der Waals surface area contributed by atoms with Crippen molar-refractivity contribution in [3.05, 3.63) is 47.7 Å². The smallest absolute Gasteiger partial charge is 0.378 e. The van der Waals surface area contributed by atoms with Gasteiger partial charge in [0.05, 0.1) is 30.0 Å². The number of halogens is 6. The zero-order chi connectivity index (χ0) is 24.0. The molecule has 1 saturated heterocycles. The van der Waals surface area contributed by atoms with Crippen LogP contribution in [0.5, 0.6) is 0 Å². The Morgan fingerprint density at radius 2 is 1.82 bits per heavy atom. The van der Waals surface area contributed by atoms with Gasteiger partial charge in [0, 0.05) is 31.8 Å². The molecular weight excluding hydrogens is 454 g/mol. The highest BCUT2D eigenvalue weighted by atomic mass is 19.4. The molecule has 0 atom stereocenters. The fourth-order valence-corrected chi connectivity index (χ4v) is 3.71. The molecule has 4 rings (SSSR count). The van der Waals surface area contributed by atoms with E-state index >= 15 is 0 Å². The van der Waals surface area contributed by atoms with Crippen molar-refractivity contribution >= 4 is 16.9 Å². The fraction of sp³-hybridized carbons (Fsp3) is 0.381. The highest BCUT2D eigenvalue weighted by Crippen LogP contribution is 2.35. The van der Waals surface area contributed by atoms with Crippen molar-refractivity contribution in [1.29, 1.82) is 0 Å². The summed E-state index contributed by atoms with van der Waals surface area (Å²) in [7, 11) is 0. The lowest BCUT2D eigenvalue weighted by atomic mass is 10.1. The molecule has 0 bridgehead atoms. The maximum atomic E-state index is 14.8. The summed E-state index contributed by atoms with van der Waals surface area (Å²) in [5.74, 6) is -6.15. The molecule has 3 aromatic rings. The predicted molar refractivity (Wildman–Crippen MR) is 105 cm³/mol. The van der Waals surface area contributed by atoms with Gasteiger partial charge in [-0.3, -0.25) is 9.78 Å². The van der Waals surface area contributed by atoms with E-state index in [0.29, 0.717) is 37.8 Å². The molecule has 1 aliphatic heterocycles. The second-order valence-electron chi connectivity index (χ2n) is 7.65. The van der Waals surface area contributed by atoms with Gasteiger partial charge >= 0.3 is 12.1 Å². The van der Waals surface area contributed by atoms with Crippen molar-refractivity contribution in [3.63, 3.8) is 0 Å². The summed E-state index contributed by atoms with van der Waals surface area (Å²) in [6, 6.07) is 4.71. The number of amides is 1. The third-order valence-electron chi connectivity index (χ3n) is 5.17. The van der Waals surface area contributed by atoms with E-state index in [0.717, 1.165) is 18.3 Å². The number of nitrogens with zero attached hydrogens (tertiary/aromatic N) is 4. The molecule has 2 aromatic heterocycles. The molecule has 0 unspecified atom stereocenters. The summed E-state index contributed by atoms with van der Waals surface area (Å²) in [6.45, 7) is 0.0642. The lowest BCUT2D eigenvalue weighted by Crippen LogP contribution is -2.41. The van der Waals surface area contributed by atoms with Gasteiger partial charge in [0.15, 0.2) is 5.82 Å². The van der Waals surface area contributed by atoms with Crippen LogP contribution in [0.1, 0.15) is 23.1 Å². The topological polar surface area (TPSA) is 60.3 Å². The van der Waals surface area contributed by atoms with E-state index in [2.05, 4.69) is 9.97 Å². The number of morpholine rings is 1. The Hall–Kier alpha value is -3.15. The van der Waals surface area contributed by atoms with Crippen molar-refractivity contribution < 1.29 is 35.9 Å². The molecular formula is C21H18F6N4O2. The molecule has 0 saturated carbocycles. The molecule has 0 radical (unpaired) electrons. The molecule has 0 aliphatic carbocycles. The van der Waals surface area contributed by atoms with Crippen molar-refractivity contribution in [1.82, 2.24) is 19.4 Å². The monoisotopic (exact) mass is 472 g/mol. The largest absolute Gasteiger partial charge is 0.406 e. The molecule has 6 nitrogen and oxygen atoms in total. The normalized spacial score (nSPS) is 15.3. The molecule has 1 amide bonds. The fourth-order valence-electron chi connectivity index (χ4n) is 3.71. The zero-order valence-corrected chi connectivity index (χ0v) is 17.3. The number of ether oxygens (including phenoxy) is 1. The van der Waals surface area contributed by atoms with Gasteiger partial charge in [-0.2, -0.15) is 22.0 Å². The first-order chi connectivity index (χ1) is 15.5. The molecule has 12 heteroatoms. The van der Waals surface area contributed by atoms with E-state index in [4.69, 9.17) is 4.74 Å². The number of hydrogen-bond acceptors (Lipinski definition) is 4. The first-order valence-electron chi connectivity index (χ1n) is 9.93. The summed E-state index contributed by atoms with van der Waals surface area (Å²) < 4.78 is 87.7. The van der Waals surface area contributed by atoms with Crippen LogP contribution >= 0.6 is 0 Å². The van der Waals surface area contributed by atoms with Crippen molar-refractivity contribution in [3.8, 4) is 11.3 Å². The van der Waals surface area contributed by atoms with Crippen LogP contribution in [0.3, 0.4) is 0 Å². The van der Waals surface area contributed by atoms with Crippen molar-refractivity contribution in [2.24, 2.45) is 0 Å². The van der Waals surface area contributed by atoms with E-state index in [9.17, 15) is 31.1 Å².